The molecule has 0 bridgehead atoms. The summed E-state index contributed by atoms with van der Waals surface area (Å²) in [5, 5.41) is 2.11. The first-order valence-corrected chi connectivity index (χ1v) is 7.12. The maximum Gasteiger partial charge on any atom is 0.0871 e. The summed E-state index contributed by atoms with van der Waals surface area (Å²) in [6.07, 6.45) is 4.08. The fourth-order valence-corrected chi connectivity index (χ4v) is 2.65. The van der Waals surface area contributed by atoms with Crippen LogP contribution in [0.25, 0.3) is 5.70 Å². The van der Waals surface area contributed by atoms with E-state index in [0.29, 0.717) is 0 Å². The zero-order valence-electron chi connectivity index (χ0n) is 12.6. The second kappa shape index (κ2) is 5.13. The lowest BCUT2D eigenvalue weighted by molar-refractivity contribution is 0.731. The van der Waals surface area contributed by atoms with E-state index in [4.69, 9.17) is 5.73 Å². The highest BCUT2D eigenvalue weighted by Crippen LogP contribution is 2.33. The van der Waals surface area contributed by atoms with E-state index in [1.165, 1.54) is 5.56 Å². The van der Waals surface area contributed by atoms with E-state index >= 15 is 0 Å². The quantitative estimate of drug-likeness (QED) is 0.888. The normalized spacial score (nSPS) is 17.6. The van der Waals surface area contributed by atoms with Gasteiger partial charge >= 0.3 is 0 Å². The molecule has 3 rings (SSSR count). The van der Waals surface area contributed by atoms with Crippen LogP contribution in [0.15, 0.2) is 42.6 Å². The molecule has 1 aliphatic heterocycles. The molecule has 4 heteroatoms. The molecule has 1 atom stereocenters. The van der Waals surface area contributed by atoms with Gasteiger partial charge in [0.05, 0.1) is 28.8 Å². The maximum atomic E-state index is 6.24. The molecule has 2 heterocycles. The smallest absolute Gasteiger partial charge is 0.0871 e. The summed E-state index contributed by atoms with van der Waals surface area (Å²) >= 11 is 0. The van der Waals surface area contributed by atoms with Crippen LogP contribution in [-0.2, 0) is 0 Å². The summed E-state index contributed by atoms with van der Waals surface area (Å²) in [5.41, 5.74) is 15.7. The monoisotopic (exact) mass is 280 g/mol. The van der Waals surface area contributed by atoms with E-state index in [1.54, 1.807) is 0 Å². The number of nitrogens with one attached hydrogen (secondary N) is 1. The van der Waals surface area contributed by atoms with Crippen LogP contribution in [0.2, 0.25) is 0 Å². The molecular formula is C17H20N4. The third-order valence-corrected chi connectivity index (χ3v) is 3.85. The minimum Gasteiger partial charge on any atom is -0.396 e. The first-order valence-electron chi connectivity index (χ1n) is 7.12. The summed E-state index contributed by atoms with van der Waals surface area (Å²) in [6, 6.07) is 10.5. The zero-order valence-corrected chi connectivity index (χ0v) is 12.6. The Morgan fingerprint density at radius 1 is 1.19 bits per heavy atom. The molecule has 108 valence electrons. The van der Waals surface area contributed by atoms with E-state index in [1.807, 2.05) is 38.2 Å². The molecule has 1 aromatic carbocycles. The number of hydrazine groups is 1. The van der Waals surface area contributed by atoms with E-state index < -0.39 is 0 Å². The van der Waals surface area contributed by atoms with Crippen molar-refractivity contribution in [2.75, 3.05) is 10.7 Å². The molecule has 0 aliphatic carbocycles. The summed E-state index contributed by atoms with van der Waals surface area (Å²) in [7, 11) is 0. The summed E-state index contributed by atoms with van der Waals surface area (Å²) in [6.45, 7) is 6.12. The van der Waals surface area contributed by atoms with E-state index in [-0.39, 0.29) is 6.04 Å². The van der Waals surface area contributed by atoms with Gasteiger partial charge in [-0.1, -0.05) is 30.3 Å². The van der Waals surface area contributed by atoms with Gasteiger partial charge in [-0.05, 0) is 38.0 Å². The highest BCUT2D eigenvalue weighted by atomic mass is 15.5. The number of hydrogen-bond donors (Lipinski definition) is 2. The first-order chi connectivity index (χ1) is 10.1. The van der Waals surface area contributed by atoms with Crippen LogP contribution >= 0.6 is 0 Å². The lowest BCUT2D eigenvalue weighted by atomic mass is 10.1. The average Bonchev–Trinajstić information content (AvgIpc) is 2.87. The number of nitrogens with zero attached hydrogens (tertiary/aromatic N) is 2. The van der Waals surface area contributed by atoms with Crippen molar-refractivity contribution in [2.45, 2.75) is 26.8 Å². The lowest BCUT2D eigenvalue weighted by Gasteiger charge is -2.28. The predicted octanol–water partition coefficient (Wildman–Crippen LogP) is 3.03. The summed E-state index contributed by atoms with van der Waals surface area (Å²) < 4.78 is 0. The van der Waals surface area contributed by atoms with Crippen LogP contribution in [0.5, 0.6) is 0 Å². The van der Waals surface area contributed by atoms with Crippen LogP contribution in [-0.4, -0.2) is 11.0 Å². The number of anilines is 2. The molecule has 4 nitrogen and oxygen atoms in total. The number of rotatable bonds is 2. The van der Waals surface area contributed by atoms with Crippen molar-refractivity contribution in [1.29, 1.82) is 0 Å². The second-order valence-electron chi connectivity index (χ2n) is 5.46. The minimum atomic E-state index is 0.225. The number of nitrogens with two attached hydrogens (primary N) is 1. The molecule has 0 radical (unpaired) electrons. The van der Waals surface area contributed by atoms with Gasteiger partial charge in [-0.2, -0.15) is 0 Å². The van der Waals surface area contributed by atoms with Gasteiger partial charge in [-0.3, -0.25) is 15.4 Å². The Kier molecular flexibility index (Phi) is 3.29. The minimum absolute atomic E-state index is 0.225. The zero-order chi connectivity index (χ0) is 15.0. The first kappa shape index (κ1) is 13.5. The van der Waals surface area contributed by atoms with Gasteiger partial charge in [0, 0.05) is 6.20 Å². The Hall–Kier alpha value is -2.49. The SMILES string of the molecule is Cc1cnc(C)c(N)c1N1NC(c2ccccc2)=CC1C. The van der Waals surface area contributed by atoms with Gasteiger partial charge in [0.25, 0.3) is 0 Å². The Labute approximate surface area is 125 Å². The molecule has 0 fully saturated rings. The molecule has 21 heavy (non-hydrogen) atoms. The standard InChI is InChI=1S/C17H20N4/c1-11-10-19-13(3)16(18)17(11)21-12(2)9-15(20-21)14-7-5-4-6-8-14/h4-10,12,20H,18H2,1-3H3. The highest BCUT2D eigenvalue weighted by molar-refractivity contribution is 5.78. The van der Waals surface area contributed by atoms with Gasteiger partial charge in [-0.15, -0.1) is 0 Å². The Morgan fingerprint density at radius 3 is 2.62 bits per heavy atom. The van der Waals surface area contributed by atoms with Crippen molar-refractivity contribution in [3.8, 4) is 0 Å². The average molecular weight is 280 g/mol. The summed E-state index contributed by atoms with van der Waals surface area (Å²) in [4.78, 5) is 4.32. The number of hydrogen-bond acceptors (Lipinski definition) is 4. The Morgan fingerprint density at radius 2 is 1.90 bits per heavy atom. The van der Waals surface area contributed by atoms with Crippen molar-refractivity contribution < 1.29 is 0 Å². The van der Waals surface area contributed by atoms with Crippen molar-refractivity contribution >= 4 is 17.1 Å². The second-order valence-corrected chi connectivity index (χ2v) is 5.46. The molecule has 1 unspecified atom stereocenters. The van der Waals surface area contributed by atoms with Gasteiger partial charge in [0.1, 0.15) is 0 Å². The largest absolute Gasteiger partial charge is 0.396 e. The summed E-state index contributed by atoms with van der Waals surface area (Å²) in [5.74, 6) is 0. The van der Waals surface area contributed by atoms with Crippen molar-refractivity contribution in [3.63, 3.8) is 0 Å². The van der Waals surface area contributed by atoms with Gasteiger partial charge in [0.15, 0.2) is 0 Å². The fourth-order valence-electron chi connectivity index (χ4n) is 2.65. The molecule has 1 aliphatic rings. The molecule has 2 aromatic rings. The Balaban J connectivity index is 1.96. The van der Waals surface area contributed by atoms with Crippen LogP contribution in [0, 0.1) is 13.8 Å². The number of pyridine rings is 1. The van der Waals surface area contributed by atoms with Crippen LogP contribution < -0.4 is 16.2 Å². The van der Waals surface area contributed by atoms with Crippen LogP contribution in [0.3, 0.4) is 0 Å². The van der Waals surface area contributed by atoms with Gasteiger partial charge in [-0.25, -0.2) is 0 Å². The third-order valence-electron chi connectivity index (χ3n) is 3.85. The van der Waals surface area contributed by atoms with E-state index in [9.17, 15) is 0 Å². The fraction of sp³-hybridized carbons (Fsp3) is 0.235. The molecule has 0 spiro atoms. The van der Waals surface area contributed by atoms with Gasteiger partial charge < -0.3 is 5.73 Å². The molecule has 0 saturated heterocycles. The topological polar surface area (TPSA) is 54.2 Å². The maximum absolute atomic E-state index is 6.24. The van der Waals surface area contributed by atoms with Crippen molar-refractivity contribution in [1.82, 2.24) is 10.4 Å². The van der Waals surface area contributed by atoms with Gasteiger partial charge in [0.2, 0.25) is 0 Å². The molecule has 0 saturated carbocycles. The number of nitrogen functional groups attached to an aromatic ring is 1. The number of benzene rings is 1. The molecular weight excluding hydrogens is 260 g/mol. The van der Waals surface area contributed by atoms with E-state index in [0.717, 1.165) is 28.3 Å². The molecule has 1 aromatic heterocycles. The third kappa shape index (κ3) is 2.33. The molecule has 3 N–H and O–H groups in total. The predicted molar refractivity (Wildman–Crippen MR) is 87.6 cm³/mol. The lowest BCUT2D eigenvalue weighted by Crippen LogP contribution is -2.38. The highest BCUT2D eigenvalue weighted by Gasteiger charge is 2.25. The number of aryl methyl sites for hydroxylation is 2. The van der Waals surface area contributed by atoms with Crippen LogP contribution in [0.1, 0.15) is 23.7 Å². The van der Waals surface area contributed by atoms with E-state index in [2.05, 4.69) is 40.6 Å². The van der Waals surface area contributed by atoms with Crippen molar-refractivity contribution in [3.05, 3.63) is 59.4 Å². The molecule has 0 amide bonds. The van der Waals surface area contributed by atoms with Crippen LogP contribution in [0.4, 0.5) is 11.4 Å². The Bertz CT molecular complexity index is 691. The number of aromatic nitrogens is 1. The van der Waals surface area contributed by atoms with Crippen molar-refractivity contribution in [2.24, 2.45) is 0 Å².